The number of carbonyl (C=O) groups excluding carboxylic acids is 1. The maximum Gasteiger partial charge on any atom is 0.220 e. The van der Waals surface area contributed by atoms with Gasteiger partial charge in [-0.2, -0.15) is 0 Å². The molecule has 0 fully saturated rings. The Hall–Kier alpha value is -0.870. The van der Waals surface area contributed by atoms with Crippen LogP contribution in [0, 0.1) is 0 Å². The van der Waals surface area contributed by atoms with Crippen LogP contribution in [-0.2, 0) is 4.79 Å². The van der Waals surface area contributed by atoms with Gasteiger partial charge in [0, 0.05) is 6.42 Å². The van der Waals surface area contributed by atoms with Crippen molar-refractivity contribution >= 4 is 5.91 Å². The van der Waals surface area contributed by atoms with Crippen molar-refractivity contribution in [1.82, 2.24) is 5.32 Å². The summed E-state index contributed by atoms with van der Waals surface area (Å²) in [5.74, 6) is -0.0396. The Bertz CT molecular complexity index is 593. The summed E-state index contributed by atoms with van der Waals surface area (Å²) in [5.41, 5.74) is 0. The first kappa shape index (κ1) is 43.1. The fraction of sp³-hybridized carbons (Fsp3) is 0.925. The van der Waals surface area contributed by atoms with Crippen molar-refractivity contribution in [1.29, 1.82) is 0 Å². The normalized spacial score (nSPS) is 13.1. The third kappa shape index (κ3) is 32.5. The molecule has 0 aliphatic carbocycles. The van der Waals surface area contributed by atoms with Crippen LogP contribution in [-0.4, -0.2) is 34.9 Å². The average Bonchev–Trinajstić information content (AvgIpc) is 3.03. The summed E-state index contributed by atoms with van der Waals surface area (Å²) < 4.78 is 0. The van der Waals surface area contributed by atoms with Gasteiger partial charge < -0.3 is 15.5 Å². The van der Waals surface area contributed by atoms with Crippen molar-refractivity contribution in [2.45, 2.75) is 231 Å². The molecule has 0 aromatic heterocycles. The Labute approximate surface area is 276 Å². The molecule has 0 saturated carbocycles. The average molecular weight is 622 g/mol. The number of allylic oxidation sites excluding steroid dienone is 2. The highest BCUT2D eigenvalue weighted by molar-refractivity contribution is 5.76. The number of amides is 1. The summed E-state index contributed by atoms with van der Waals surface area (Å²) in [6, 6.07) is -0.535. The van der Waals surface area contributed by atoms with Crippen LogP contribution in [0.1, 0.15) is 219 Å². The lowest BCUT2D eigenvalue weighted by Crippen LogP contribution is -2.45. The van der Waals surface area contributed by atoms with Crippen LogP contribution in [0.5, 0.6) is 0 Å². The molecule has 3 N–H and O–H groups in total. The summed E-state index contributed by atoms with van der Waals surface area (Å²) in [4.78, 5) is 12.3. The molecule has 0 heterocycles. The summed E-state index contributed by atoms with van der Waals surface area (Å²) in [7, 11) is 0. The molecule has 2 unspecified atom stereocenters. The summed E-state index contributed by atoms with van der Waals surface area (Å²) in [6.07, 6.45) is 44.2. The maximum atomic E-state index is 12.3. The third-order valence-electron chi connectivity index (χ3n) is 9.28. The van der Waals surface area contributed by atoms with Gasteiger partial charge in [-0.15, -0.1) is 0 Å². The van der Waals surface area contributed by atoms with Crippen LogP contribution in [0.2, 0.25) is 0 Å². The second-order valence-corrected chi connectivity index (χ2v) is 13.7. The number of nitrogens with one attached hydrogen (secondary N) is 1. The number of aliphatic hydroxyl groups excluding tert-OH is 2. The van der Waals surface area contributed by atoms with Gasteiger partial charge in [0.25, 0.3) is 0 Å². The molecule has 0 spiro atoms. The molecule has 262 valence electrons. The van der Waals surface area contributed by atoms with Gasteiger partial charge >= 0.3 is 0 Å². The van der Waals surface area contributed by atoms with Gasteiger partial charge in [-0.05, 0) is 38.5 Å². The zero-order chi connectivity index (χ0) is 32.2. The van der Waals surface area contributed by atoms with Crippen molar-refractivity contribution in [3.8, 4) is 0 Å². The monoisotopic (exact) mass is 622 g/mol. The second kappa shape index (κ2) is 36.6. The van der Waals surface area contributed by atoms with E-state index in [2.05, 4.69) is 31.3 Å². The van der Waals surface area contributed by atoms with Crippen molar-refractivity contribution in [2.24, 2.45) is 0 Å². The Morgan fingerprint density at radius 2 is 0.864 bits per heavy atom. The first-order valence-corrected chi connectivity index (χ1v) is 19.9. The van der Waals surface area contributed by atoms with Gasteiger partial charge in [-0.3, -0.25) is 4.79 Å². The van der Waals surface area contributed by atoms with Crippen molar-refractivity contribution in [3.05, 3.63) is 12.2 Å². The second-order valence-electron chi connectivity index (χ2n) is 13.7. The van der Waals surface area contributed by atoms with Gasteiger partial charge in [0.1, 0.15) is 0 Å². The Morgan fingerprint density at radius 3 is 1.27 bits per heavy atom. The minimum atomic E-state index is -0.658. The molecule has 0 bridgehead atoms. The largest absolute Gasteiger partial charge is 0.394 e. The predicted molar refractivity (Wildman–Crippen MR) is 193 cm³/mol. The van der Waals surface area contributed by atoms with E-state index >= 15 is 0 Å². The number of unbranched alkanes of at least 4 members (excludes halogenated alkanes) is 27. The van der Waals surface area contributed by atoms with Crippen molar-refractivity contribution in [3.63, 3.8) is 0 Å². The number of hydrogen-bond donors (Lipinski definition) is 3. The molecular weight excluding hydrogens is 542 g/mol. The van der Waals surface area contributed by atoms with Gasteiger partial charge in [0.2, 0.25) is 5.91 Å². The van der Waals surface area contributed by atoms with E-state index in [1.165, 1.54) is 167 Å². The van der Waals surface area contributed by atoms with E-state index in [0.717, 1.165) is 25.7 Å². The minimum absolute atomic E-state index is 0.0396. The predicted octanol–water partition coefficient (Wildman–Crippen LogP) is 11.9. The lowest BCUT2D eigenvalue weighted by Gasteiger charge is -2.22. The van der Waals surface area contributed by atoms with Crippen LogP contribution < -0.4 is 5.32 Å². The van der Waals surface area contributed by atoms with E-state index in [0.29, 0.717) is 12.8 Å². The van der Waals surface area contributed by atoms with E-state index in [1.54, 1.807) is 0 Å². The fourth-order valence-corrected chi connectivity index (χ4v) is 6.18. The molecule has 4 heteroatoms. The van der Waals surface area contributed by atoms with Crippen molar-refractivity contribution < 1.29 is 15.0 Å². The van der Waals surface area contributed by atoms with E-state index in [9.17, 15) is 15.0 Å². The van der Waals surface area contributed by atoms with E-state index in [-0.39, 0.29) is 12.5 Å². The molecule has 44 heavy (non-hydrogen) atoms. The standard InChI is InChI=1S/C40H79NO3/c1-3-5-7-9-11-13-15-17-18-19-20-21-22-24-25-27-29-31-33-35-39(43)38(37-42)41-40(44)36-34-32-30-28-26-23-16-14-12-10-8-6-4-2/h14,16,38-39,42-43H,3-13,15,17-37H2,1-2H3,(H,41,44)/b16-14-. The van der Waals surface area contributed by atoms with Gasteiger partial charge in [-0.25, -0.2) is 0 Å². The topological polar surface area (TPSA) is 69.6 Å². The van der Waals surface area contributed by atoms with Crippen LogP contribution in [0.4, 0.5) is 0 Å². The molecule has 4 nitrogen and oxygen atoms in total. The zero-order valence-corrected chi connectivity index (χ0v) is 29.9. The number of rotatable bonds is 36. The molecule has 0 rings (SSSR count). The quantitative estimate of drug-likeness (QED) is 0.0481. The van der Waals surface area contributed by atoms with Crippen LogP contribution in [0.25, 0.3) is 0 Å². The molecule has 0 aromatic carbocycles. The lowest BCUT2D eigenvalue weighted by molar-refractivity contribution is -0.123. The van der Waals surface area contributed by atoms with Crippen LogP contribution >= 0.6 is 0 Å². The fourth-order valence-electron chi connectivity index (χ4n) is 6.18. The lowest BCUT2D eigenvalue weighted by atomic mass is 10.0. The Kier molecular flexibility index (Phi) is 35.9. The molecule has 0 radical (unpaired) electrons. The Morgan fingerprint density at radius 1 is 0.523 bits per heavy atom. The first-order chi connectivity index (χ1) is 21.7. The minimum Gasteiger partial charge on any atom is -0.394 e. The molecular formula is C40H79NO3. The van der Waals surface area contributed by atoms with Crippen molar-refractivity contribution in [2.75, 3.05) is 6.61 Å². The summed E-state index contributed by atoms with van der Waals surface area (Å²) in [5, 5.41) is 23.1. The zero-order valence-electron chi connectivity index (χ0n) is 29.9. The molecule has 2 atom stereocenters. The number of hydrogen-bond acceptors (Lipinski definition) is 3. The van der Waals surface area contributed by atoms with E-state index in [4.69, 9.17) is 0 Å². The highest BCUT2D eigenvalue weighted by Gasteiger charge is 2.19. The van der Waals surface area contributed by atoms with E-state index in [1.807, 2.05) is 0 Å². The maximum absolute atomic E-state index is 12.3. The van der Waals surface area contributed by atoms with Crippen LogP contribution in [0.15, 0.2) is 12.2 Å². The first-order valence-electron chi connectivity index (χ1n) is 19.9. The summed E-state index contributed by atoms with van der Waals surface area (Å²) >= 11 is 0. The Balaban J connectivity index is 3.51. The van der Waals surface area contributed by atoms with Crippen LogP contribution in [0.3, 0.4) is 0 Å². The summed E-state index contributed by atoms with van der Waals surface area (Å²) in [6.45, 7) is 4.34. The van der Waals surface area contributed by atoms with Gasteiger partial charge in [-0.1, -0.05) is 187 Å². The molecule has 0 aliphatic heterocycles. The van der Waals surface area contributed by atoms with Gasteiger partial charge in [0.15, 0.2) is 0 Å². The van der Waals surface area contributed by atoms with E-state index < -0.39 is 12.1 Å². The molecule has 0 aromatic rings. The molecule has 0 aliphatic rings. The number of carbonyl (C=O) groups is 1. The highest BCUT2D eigenvalue weighted by Crippen LogP contribution is 2.16. The van der Waals surface area contributed by atoms with Gasteiger partial charge in [0.05, 0.1) is 18.8 Å². The smallest absolute Gasteiger partial charge is 0.220 e. The SMILES string of the molecule is CCCCCC/C=C\CCCCCCCC(=O)NC(CO)C(O)CCCCCCCCCCCCCCCCCCCCC. The third-order valence-corrected chi connectivity index (χ3v) is 9.28. The highest BCUT2D eigenvalue weighted by atomic mass is 16.3. The molecule has 0 saturated heterocycles. The molecule has 1 amide bonds. The number of aliphatic hydroxyl groups is 2.